The highest BCUT2D eigenvalue weighted by Gasteiger charge is 2.16. The first-order valence-corrected chi connectivity index (χ1v) is 9.17. The number of nitrogens with zero attached hydrogens (tertiary/aromatic N) is 6. The van der Waals surface area contributed by atoms with E-state index in [1.165, 1.54) is 12.5 Å². The van der Waals surface area contributed by atoms with Gasteiger partial charge in [-0.1, -0.05) is 12.1 Å². The number of aromatic nitrogens is 4. The molecule has 11 nitrogen and oxygen atoms in total. The van der Waals surface area contributed by atoms with Crippen molar-refractivity contribution < 1.29 is 9.63 Å². The maximum atomic E-state index is 11.8. The third-order valence-electron chi connectivity index (χ3n) is 4.40. The number of hydrogen-bond donors (Lipinski definition) is 3. The number of primary amides is 1. The zero-order valence-corrected chi connectivity index (χ0v) is 16.5. The van der Waals surface area contributed by atoms with Crippen LogP contribution in [-0.2, 0) is 7.05 Å². The molecule has 5 N–H and O–H groups in total. The number of aliphatic imine (C=N–C) groups is 2. The summed E-state index contributed by atoms with van der Waals surface area (Å²) in [6.45, 7) is 0. The summed E-state index contributed by atoms with van der Waals surface area (Å²) in [7, 11) is 1.85. The molecule has 0 fully saturated rings. The Morgan fingerprint density at radius 2 is 1.90 bits per heavy atom. The Kier molecular flexibility index (Phi) is 5.30. The Labute approximate surface area is 176 Å². The van der Waals surface area contributed by atoms with Crippen LogP contribution in [0.1, 0.15) is 10.4 Å². The van der Waals surface area contributed by atoms with Gasteiger partial charge in [-0.3, -0.25) is 9.48 Å². The van der Waals surface area contributed by atoms with Crippen LogP contribution in [0, 0.1) is 0 Å². The molecular formula is C20H19N9O2. The molecule has 2 heterocycles. The summed E-state index contributed by atoms with van der Waals surface area (Å²) in [6.07, 6.45) is 3.81. The molecule has 0 radical (unpaired) electrons. The molecule has 2 aromatic carbocycles. The van der Waals surface area contributed by atoms with Crippen molar-refractivity contribution >= 4 is 46.8 Å². The summed E-state index contributed by atoms with van der Waals surface area (Å²) in [5.74, 6) is -0.445. The number of hydrogen-bond acceptors (Lipinski definition) is 6. The van der Waals surface area contributed by atoms with E-state index in [1.54, 1.807) is 29.1 Å². The Bertz CT molecular complexity index is 1290. The minimum Gasteiger partial charge on any atom is -0.390 e. The van der Waals surface area contributed by atoms with Crippen molar-refractivity contribution in [3.05, 3.63) is 60.3 Å². The highest BCUT2D eigenvalue weighted by atomic mass is 16.7. The average molecular weight is 417 g/mol. The molecule has 1 amide bonds. The lowest BCUT2D eigenvalue weighted by atomic mass is 10.2. The molecule has 11 heteroatoms. The number of carbonyl (C=O) groups is 1. The fraction of sp³-hybridized carbons (Fsp3) is 0.0500. The molecule has 4 rings (SSSR count). The van der Waals surface area contributed by atoms with Gasteiger partial charge in [0.2, 0.25) is 0 Å². The summed E-state index contributed by atoms with van der Waals surface area (Å²) in [6, 6.07) is 14.8. The number of carbonyl (C=O) groups excluding carboxylic acids is 1. The van der Waals surface area contributed by atoms with Crippen molar-refractivity contribution in [2.75, 3.05) is 5.32 Å². The van der Waals surface area contributed by atoms with E-state index in [1.807, 2.05) is 36.0 Å². The van der Waals surface area contributed by atoms with Gasteiger partial charge in [0.05, 0.1) is 17.5 Å². The van der Waals surface area contributed by atoms with E-state index < -0.39 is 5.91 Å². The third-order valence-corrected chi connectivity index (χ3v) is 4.40. The normalized spacial score (nSPS) is 11.5. The zero-order chi connectivity index (χ0) is 21.8. The molecule has 0 aliphatic heterocycles. The first-order valence-electron chi connectivity index (χ1n) is 9.17. The topological polar surface area (TPSA) is 151 Å². The largest absolute Gasteiger partial charge is 0.390 e. The predicted octanol–water partition coefficient (Wildman–Crippen LogP) is 2.10. The molecule has 0 bridgehead atoms. The van der Waals surface area contributed by atoms with Crippen molar-refractivity contribution in [1.82, 2.24) is 19.5 Å². The van der Waals surface area contributed by atoms with Crippen LogP contribution in [0.4, 0.5) is 17.2 Å². The fourth-order valence-electron chi connectivity index (χ4n) is 2.89. The van der Waals surface area contributed by atoms with Gasteiger partial charge in [-0.25, -0.2) is 15.0 Å². The van der Waals surface area contributed by atoms with E-state index in [9.17, 15) is 4.79 Å². The predicted molar refractivity (Wildman–Crippen MR) is 118 cm³/mol. The van der Waals surface area contributed by atoms with Gasteiger partial charge in [0.15, 0.2) is 5.82 Å². The van der Waals surface area contributed by atoms with Crippen molar-refractivity contribution in [2.24, 2.45) is 28.5 Å². The summed E-state index contributed by atoms with van der Waals surface area (Å²) in [5, 5.41) is 3.06. The lowest BCUT2D eigenvalue weighted by Gasteiger charge is -2.21. The molecule has 0 saturated heterocycles. The van der Waals surface area contributed by atoms with Gasteiger partial charge >= 0.3 is 6.01 Å². The number of nitrogens with one attached hydrogen (secondary N) is 1. The maximum absolute atomic E-state index is 11.8. The number of nitrogens with two attached hydrogens (primary N) is 2. The smallest absolute Gasteiger partial charge is 0.347 e. The van der Waals surface area contributed by atoms with Gasteiger partial charge in [0.1, 0.15) is 17.4 Å². The van der Waals surface area contributed by atoms with Gasteiger partial charge < -0.3 is 21.6 Å². The summed E-state index contributed by atoms with van der Waals surface area (Å²) >= 11 is 0. The minimum atomic E-state index is -0.665. The lowest BCUT2D eigenvalue weighted by Crippen LogP contribution is -2.25. The number of amides is 1. The SMILES string of the molecule is Cn1c2ccccc2n1Oc1ncc(C(N)=O)c(Nc2ccc(N=CN=CN)cc2)n1. The minimum absolute atomic E-state index is 0.0507. The first kappa shape index (κ1) is 19.6. The molecule has 0 spiro atoms. The maximum Gasteiger partial charge on any atom is 0.347 e. The van der Waals surface area contributed by atoms with Gasteiger partial charge in [-0.15, -0.1) is 4.85 Å². The number of rotatable bonds is 7. The molecule has 2 aromatic heterocycles. The summed E-state index contributed by atoms with van der Waals surface area (Å²) in [5.41, 5.74) is 14.0. The molecule has 4 aromatic rings. The van der Waals surface area contributed by atoms with Crippen LogP contribution in [0.2, 0.25) is 0 Å². The van der Waals surface area contributed by atoms with Crippen molar-refractivity contribution in [2.45, 2.75) is 0 Å². The Hall–Kier alpha value is -4.67. The van der Waals surface area contributed by atoms with Crippen molar-refractivity contribution in [3.63, 3.8) is 0 Å². The van der Waals surface area contributed by atoms with Crippen LogP contribution in [-0.4, -0.2) is 38.1 Å². The fourth-order valence-corrected chi connectivity index (χ4v) is 2.89. The molecule has 0 unspecified atom stereocenters. The van der Waals surface area contributed by atoms with E-state index >= 15 is 0 Å². The third kappa shape index (κ3) is 4.05. The van der Waals surface area contributed by atoms with Gasteiger partial charge in [-0.2, -0.15) is 4.98 Å². The van der Waals surface area contributed by atoms with Crippen molar-refractivity contribution in [1.29, 1.82) is 0 Å². The van der Waals surface area contributed by atoms with Crippen LogP contribution in [0.5, 0.6) is 6.01 Å². The monoisotopic (exact) mass is 417 g/mol. The molecule has 0 aliphatic rings. The first-order chi connectivity index (χ1) is 15.1. The van der Waals surface area contributed by atoms with Crippen molar-refractivity contribution in [3.8, 4) is 6.01 Å². The molecule has 156 valence electrons. The van der Waals surface area contributed by atoms with Gasteiger partial charge in [0, 0.05) is 18.9 Å². The second-order valence-corrected chi connectivity index (χ2v) is 6.37. The van der Waals surface area contributed by atoms with Crippen LogP contribution in [0.25, 0.3) is 11.0 Å². The summed E-state index contributed by atoms with van der Waals surface area (Å²) in [4.78, 5) is 35.4. The molecular weight excluding hydrogens is 398 g/mol. The van der Waals surface area contributed by atoms with E-state index in [-0.39, 0.29) is 17.4 Å². The molecule has 0 saturated carbocycles. The number of para-hydroxylation sites is 2. The van der Waals surface area contributed by atoms with Crippen LogP contribution in [0.3, 0.4) is 0 Å². The number of fused-ring (bicyclic) bond motifs is 1. The highest BCUT2D eigenvalue weighted by Crippen LogP contribution is 2.24. The Morgan fingerprint density at radius 3 is 2.61 bits per heavy atom. The molecule has 31 heavy (non-hydrogen) atoms. The number of aryl methyl sites for hydroxylation is 1. The van der Waals surface area contributed by atoms with E-state index in [4.69, 9.17) is 16.3 Å². The quantitative estimate of drug-likeness (QED) is 0.309. The van der Waals surface area contributed by atoms with Crippen LogP contribution < -0.4 is 21.6 Å². The highest BCUT2D eigenvalue weighted by molar-refractivity contribution is 5.98. The number of benzene rings is 2. The van der Waals surface area contributed by atoms with Crippen LogP contribution >= 0.6 is 0 Å². The molecule has 0 atom stereocenters. The molecule has 0 aliphatic carbocycles. The summed E-state index contributed by atoms with van der Waals surface area (Å²) < 4.78 is 1.81. The van der Waals surface area contributed by atoms with Crippen LogP contribution in [0.15, 0.2) is 64.7 Å². The van der Waals surface area contributed by atoms with E-state index in [0.29, 0.717) is 11.4 Å². The average Bonchev–Trinajstić information content (AvgIpc) is 2.78. The van der Waals surface area contributed by atoms with E-state index in [2.05, 4.69) is 25.3 Å². The Morgan fingerprint density at radius 1 is 1.16 bits per heavy atom. The van der Waals surface area contributed by atoms with Gasteiger partial charge in [-0.05, 0) is 36.4 Å². The second-order valence-electron chi connectivity index (χ2n) is 6.37. The Balaban J connectivity index is 1.59. The lowest BCUT2D eigenvalue weighted by molar-refractivity contribution is 0.0999. The second kappa shape index (κ2) is 8.37. The standard InChI is InChI=1S/C20H19N9O2/c1-28-16-4-2-3-5-17(16)29(28)31-20-24-10-15(18(22)30)19(27-20)26-14-8-6-13(7-9-14)25-12-23-11-21/h2-12H,1H3,(H2,22,30)(H2,21,23,25)(H,24,26,27). The van der Waals surface area contributed by atoms with E-state index in [0.717, 1.165) is 17.4 Å². The zero-order valence-electron chi connectivity index (χ0n) is 16.5. The van der Waals surface area contributed by atoms with Gasteiger partial charge in [0.25, 0.3) is 5.91 Å². The number of anilines is 2.